The Morgan fingerprint density at radius 2 is 0.825 bits per heavy atom. The van der Waals surface area contributed by atoms with Gasteiger partial charge in [0.1, 0.15) is 0 Å². The zero-order valence-corrected chi connectivity index (χ0v) is 85.1. The largest absolute Gasteiger partial charge is 0.465 e. The number of carbonyl (C=O) groups is 5. The second-order valence-electron chi connectivity index (χ2n) is 43.6. The third-order valence-corrected chi connectivity index (χ3v) is 14.4. The molecule has 2 saturated heterocycles. The van der Waals surface area contributed by atoms with E-state index in [9.17, 15) is 28.4 Å². The van der Waals surface area contributed by atoms with Crippen LogP contribution in [0, 0.1) is 72.4 Å². The molecule has 0 bridgehead atoms. The average molecular weight is 1640 g/mol. The van der Waals surface area contributed by atoms with Crippen LogP contribution in [-0.4, -0.2) is 137 Å². The number of ketones is 1. The van der Waals surface area contributed by atoms with Crippen molar-refractivity contribution in [3.8, 4) is 0 Å². The van der Waals surface area contributed by atoms with Gasteiger partial charge in [-0.15, -0.1) is 0 Å². The lowest BCUT2D eigenvalue weighted by Gasteiger charge is -2.32. The fourth-order valence-electron chi connectivity index (χ4n) is 9.32. The van der Waals surface area contributed by atoms with Crippen molar-refractivity contribution in [2.75, 3.05) is 74.3 Å². The summed E-state index contributed by atoms with van der Waals surface area (Å²) in [4.78, 5) is 57.8. The molecule has 0 spiro atoms. The smallest absolute Gasteiger partial charge is 0.374 e. The molecule has 17 nitrogen and oxygen atoms in total. The van der Waals surface area contributed by atoms with Crippen LogP contribution in [0.25, 0.3) is 0 Å². The molecule has 0 amide bonds. The molecule has 2 aliphatic rings. The molecule has 1 unspecified atom stereocenters. The van der Waals surface area contributed by atoms with E-state index in [2.05, 4.69) is 198 Å². The molecule has 690 valence electrons. The van der Waals surface area contributed by atoms with E-state index in [1.54, 1.807) is 46.9 Å². The number of esters is 4. The van der Waals surface area contributed by atoms with Crippen molar-refractivity contribution >= 4 is 29.7 Å². The molecule has 2 fully saturated rings. The molecule has 0 saturated carbocycles. The molecular formula is C96H200FN3O14. The number of methoxy groups -OCH3 is 2. The summed E-state index contributed by atoms with van der Waals surface area (Å²) in [5, 5.41) is 8.50. The number of alkyl halides is 1. The molecule has 0 aromatic carbocycles. The second-order valence-corrected chi connectivity index (χ2v) is 43.6. The van der Waals surface area contributed by atoms with Crippen LogP contribution in [0.15, 0.2) is 0 Å². The molecular weight excluding hydrogens is 1440 g/mol. The molecule has 114 heavy (non-hydrogen) atoms. The molecule has 0 N–H and O–H groups in total. The highest BCUT2D eigenvalue weighted by Crippen LogP contribution is 2.31. The van der Waals surface area contributed by atoms with Gasteiger partial charge in [-0.25, -0.2) is 4.79 Å². The summed E-state index contributed by atoms with van der Waals surface area (Å²) in [7, 11) is 6.79. The Morgan fingerprint density at radius 3 is 1.04 bits per heavy atom. The number of hydrogen-bond acceptors (Lipinski definition) is 16. The third-order valence-electron chi connectivity index (χ3n) is 14.4. The molecule has 1 aromatic rings. The van der Waals surface area contributed by atoms with Crippen LogP contribution in [0.5, 0.6) is 0 Å². The van der Waals surface area contributed by atoms with E-state index in [0.717, 1.165) is 50.7 Å². The van der Waals surface area contributed by atoms with E-state index >= 15 is 0 Å². The van der Waals surface area contributed by atoms with Crippen LogP contribution in [-0.2, 0) is 80.1 Å². The standard InChI is InChI=1S/C11H20O4.C11H22O2.C9H17N3.C9H16O3.C9H18O2.C9H20.C8H16O.2C7H16.C6H13F.C5H12.C3H8O.C2H6O/c1-6-14-9(12)8(11(3,4)5)10(13)15-7-2;1-11(2,3)7-5-4-6-10-12-8-9-13-10;1-7-8(6-9(2,3)4)11-12(5)10-7;1-5-12-8(11)7(10)6-9(2,3)4;1-7(2)11-8(10)6-9(3,4)5;1-5-6-7-8-9(2,3)4;1-8(2,3)6-7-4-5-9-7;2*1-5-6-7(2,3)4;1-6(2,3)4-5-7;1-5(2,3)4;1-3-4-2;1-3-2/h8H,6-7H2,1-5H3;10H,4-9H2,1-3H3;6H2,1-5H3;5-6H2,1-4H3;7H,6H2,1-5H3;5-8H2,1-4H3;7H,4-6H2,1-3H3;2*5-6H2,1-4H3;4-5H2,1-3H3;1-4H3;3H2,1-2H3;1-2H3. The van der Waals surface area contributed by atoms with Crippen molar-refractivity contribution < 1.29 is 71.0 Å². The summed E-state index contributed by atoms with van der Waals surface area (Å²) in [6, 6.07) is 0. The number of aryl methyl sites for hydroxylation is 2. The van der Waals surface area contributed by atoms with Crippen LogP contribution < -0.4 is 0 Å². The summed E-state index contributed by atoms with van der Waals surface area (Å²) < 4.78 is 55.6. The van der Waals surface area contributed by atoms with Crippen LogP contribution in [0.1, 0.15) is 418 Å². The Labute approximate surface area is 709 Å². The maximum absolute atomic E-state index is 11.6. The first-order valence-electron chi connectivity index (χ1n) is 43.5. The van der Waals surface area contributed by atoms with E-state index in [-0.39, 0.29) is 67.5 Å². The number of Topliss-reactive ketones (excluding diaryl/α,β-unsaturated/α-hetero) is 1. The van der Waals surface area contributed by atoms with Crippen molar-refractivity contribution in [3.63, 3.8) is 0 Å². The van der Waals surface area contributed by atoms with Gasteiger partial charge in [-0.2, -0.15) is 15.0 Å². The van der Waals surface area contributed by atoms with E-state index in [1.165, 1.54) is 83.5 Å². The zero-order chi connectivity index (χ0) is 92.6. The Kier molecular flexibility index (Phi) is 80.7. The van der Waals surface area contributed by atoms with Gasteiger partial charge in [-0.3, -0.25) is 23.6 Å². The van der Waals surface area contributed by atoms with E-state index in [1.807, 2.05) is 118 Å². The lowest BCUT2D eigenvalue weighted by molar-refractivity contribution is -0.167. The molecule has 18 heteroatoms. The fraction of sp³-hybridized carbons (Fsp3) is 0.927. The summed E-state index contributed by atoms with van der Waals surface area (Å²) >= 11 is 0. The maximum atomic E-state index is 11.6. The summed E-state index contributed by atoms with van der Waals surface area (Å²) in [5.41, 5.74) is 5.10. The Morgan fingerprint density at radius 1 is 0.465 bits per heavy atom. The number of unbranched alkanes of at least 4 members (excludes halogenated alkanes) is 3. The number of halogens is 1. The molecule has 1 atom stereocenters. The van der Waals surface area contributed by atoms with Gasteiger partial charge >= 0.3 is 23.9 Å². The number of ether oxygens (including phenoxy) is 9. The Balaban J connectivity index is -0.000000131. The summed E-state index contributed by atoms with van der Waals surface area (Å²) in [5.74, 6) is -3.13. The Hall–Kier alpha value is -3.58. The molecule has 2 aliphatic heterocycles. The number of carbonyl (C=O) groups excluding carboxylic acids is 5. The van der Waals surface area contributed by atoms with Gasteiger partial charge in [0.25, 0.3) is 0 Å². The van der Waals surface area contributed by atoms with E-state index in [0.29, 0.717) is 56.9 Å². The first-order chi connectivity index (χ1) is 51.1. The lowest BCUT2D eigenvalue weighted by Crippen LogP contribution is -2.38. The second kappa shape index (κ2) is 70.1. The quantitative estimate of drug-likeness (QED) is 0.0349. The van der Waals surface area contributed by atoms with Crippen molar-refractivity contribution in [1.82, 2.24) is 15.0 Å². The van der Waals surface area contributed by atoms with Gasteiger partial charge in [0.05, 0.1) is 69.7 Å². The topological polar surface area (TPSA) is 199 Å². The van der Waals surface area contributed by atoms with Crippen LogP contribution in [0.4, 0.5) is 4.39 Å². The molecule has 3 heterocycles. The van der Waals surface area contributed by atoms with Crippen LogP contribution in [0.2, 0.25) is 0 Å². The first kappa shape index (κ1) is 131. The predicted octanol–water partition coefficient (Wildman–Crippen LogP) is 27.2. The third kappa shape index (κ3) is 127. The monoisotopic (exact) mass is 1640 g/mol. The van der Waals surface area contributed by atoms with E-state index in [4.69, 9.17) is 28.4 Å². The van der Waals surface area contributed by atoms with Crippen molar-refractivity contribution in [1.29, 1.82) is 0 Å². The number of hydrogen-bond donors (Lipinski definition) is 0. The number of nitrogens with zero attached hydrogens (tertiary/aromatic N) is 3. The highest BCUT2D eigenvalue weighted by atomic mass is 19.1. The van der Waals surface area contributed by atoms with Gasteiger partial charge in [0.2, 0.25) is 5.78 Å². The fourth-order valence-corrected chi connectivity index (χ4v) is 9.32. The first-order valence-corrected chi connectivity index (χ1v) is 43.5. The maximum Gasteiger partial charge on any atom is 0.374 e. The molecule has 3 rings (SSSR count). The highest BCUT2D eigenvalue weighted by molar-refractivity contribution is 6.33. The molecule has 1 aromatic heterocycles. The van der Waals surface area contributed by atoms with Crippen molar-refractivity contribution in [2.45, 2.75) is 439 Å². The normalized spacial score (nSPS) is 13.6. The lowest BCUT2D eigenvalue weighted by atomic mass is 9.81. The van der Waals surface area contributed by atoms with Gasteiger partial charge in [-0.05, 0) is 172 Å². The van der Waals surface area contributed by atoms with Gasteiger partial charge in [0.15, 0.2) is 12.2 Å². The van der Waals surface area contributed by atoms with Crippen LogP contribution in [0.3, 0.4) is 0 Å². The summed E-state index contributed by atoms with van der Waals surface area (Å²) in [6.45, 7) is 96.4. The van der Waals surface area contributed by atoms with Gasteiger partial charge in [-0.1, -0.05) is 295 Å². The minimum absolute atomic E-state index is 0.00449. The summed E-state index contributed by atoms with van der Waals surface area (Å²) in [6.07, 6.45) is 21.3. The number of rotatable bonds is 22. The molecule has 0 aliphatic carbocycles. The van der Waals surface area contributed by atoms with Crippen molar-refractivity contribution in [3.05, 3.63) is 11.4 Å². The average Bonchev–Trinajstić information content (AvgIpc) is 1.09. The van der Waals surface area contributed by atoms with Crippen molar-refractivity contribution in [2.24, 2.45) is 72.5 Å². The van der Waals surface area contributed by atoms with Crippen LogP contribution >= 0.6 is 0 Å². The SMILES string of the molecule is CC(C)(C)C.CC(C)(C)CC1CCO1.CC(C)(C)CCCCC1OCCO1.CC(C)(C)CCF.CC(C)OC(=O)CC(C)(C)C.CCCC(C)(C)C.CCCC(C)(C)C.CCCCCC(C)(C)C.CCOC.CCOC(=O)C(=O)CC(C)(C)C.CCOC(=O)C(C(=O)OCC)C(C)(C)C.COC.Cc1nn(C)nc1CC(C)(C)C. The minimum atomic E-state index is -0.850. The minimum Gasteiger partial charge on any atom is -0.465 e. The van der Waals surface area contributed by atoms with E-state index < -0.39 is 35.0 Å². The molecule has 0 radical (unpaired) electrons. The van der Waals surface area contributed by atoms with Gasteiger partial charge < -0.3 is 42.6 Å². The van der Waals surface area contributed by atoms with Gasteiger partial charge in [0, 0.05) is 48.0 Å². The highest BCUT2D eigenvalue weighted by Gasteiger charge is 2.40. The zero-order valence-electron chi connectivity index (χ0n) is 85.1. The number of aromatic nitrogens is 3. The predicted molar refractivity (Wildman–Crippen MR) is 486 cm³/mol. The Bertz CT molecular complexity index is 2310.